The average Bonchev–Trinajstić information content (AvgIpc) is 2.18. The first-order valence-corrected chi connectivity index (χ1v) is 4.02. The van der Waals surface area contributed by atoms with Crippen LogP contribution in [0.25, 0.3) is 0 Å². The summed E-state index contributed by atoms with van der Waals surface area (Å²) in [5.41, 5.74) is 2.22. The molecule has 1 aromatic carbocycles. The van der Waals surface area contributed by atoms with Gasteiger partial charge in [0, 0.05) is 17.3 Å². The average molecular weight is 173 g/mol. The van der Waals surface area contributed by atoms with Crippen LogP contribution in [0.4, 0.5) is 0 Å². The van der Waals surface area contributed by atoms with E-state index in [4.69, 9.17) is 5.41 Å². The highest BCUT2D eigenvalue weighted by atomic mass is 16.1. The first-order valence-electron chi connectivity index (χ1n) is 4.02. The first-order chi connectivity index (χ1) is 6.33. The predicted octanol–water partition coefficient (Wildman–Crippen LogP) is 2.23. The molecule has 0 aliphatic rings. The van der Waals surface area contributed by atoms with Crippen LogP contribution in [0.1, 0.15) is 21.5 Å². The molecule has 0 radical (unpaired) electrons. The van der Waals surface area contributed by atoms with Crippen molar-refractivity contribution in [3.63, 3.8) is 0 Å². The van der Waals surface area contributed by atoms with Crippen LogP contribution in [0.15, 0.2) is 30.9 Å². The van der Waals surface area contributed by atoms with E-state index in [0.717, 1.165) is 11.8 Å². The molecule has 0 unspecified atom stereocenters. The molecule has 1 aromatic rings. The molecule has 0 saturated heterocycles. The zero-order valence-corrected chi connectivity index (χ0v) is 7.29. The topological polar surface area (TPSA) is 40.9 Å². The van der Waals surface area contributed by atoms with E-state index in [1.165, 1.54) is 6.21 Å². The molecule has 0 spiro atoms. The Hall–Kier alpha value is -1.70. The summed E-state index contributed by atoms with van der Waals surface area (Å²) in [7, 11) is 0. The van der Waals surface area contributed by atoms with Crippen molar-refractivity contribution in [3.05, 3.63) is 47.5 Å². The molecule has 0 aliphatic heterocycles. The second-order valence-electron chi connectivity index (χ2n) is 2.68. The van der Waals surface area contributed by atoms with Gasteiger partial charge < -0.3 is 5.41 Å². The largest absolute Gasteiger partial charge is 0.308 e. The smallest absolute Gasteiger partial charge is 0.150 e. The molecule has 2 nitrogen and oxygen atoms in total. The highest BCUT2D eigenvalue weighted by Gasteiger charge is 2.02. The van der Waals surface area contributed by atoms with Crippen LogP contribution in [0, 0.1) is 5.41 Å². The summed E-state index contributed by atoms with van der Waals surface area (Å²) in [6.07, 6.45) is 4.43. The minimum absolute atomic E-state index is 0.564. The van der Waals surface area contributed by atoms with Gasteiger partial charge in [-0.15, -0.1) is 6.58 Å². The number of carbonyl (C=O) groups excluding carboxylic acids is 1. The second kappa shape index (κ2) is 4.36. The lowest BCUT2D eigenvalue weighted by molar-refractivity contribution is 0.112. The van der Waals surface area contributed by atoms with Crippen LogP contribution in [-0.2, 0) is 6.42 Å². The summed E-state index contributed by atoms with van der Waals surface area (Å²) >= 11 is 0. The number of hydrogen-bond acceptors (Lipinski definition) is 2. The zero-order chi connectivity index (χ0) is 9.68. The van der Waals surface area contributed by atoms with E-state index in [1.54, 1.807) is 12.1 Å². The fourth-order valence-corrected chi connectivity index (χ4v) is 1.25. The van der Waals surface area contributed by atoms with Crippen LogP contribution < -0.4 is 0 Å². The van der Waals surface area contributed by atoms with Crippen LogP contribution in [0.2, 0.25) is 0 Å². The van der Waals surface area contributed by atoms with Crippen molar-refractivity contribution in [3.8, 4) is 0 Å². The summed E-state index contributed by atoms with van der Waals surface area (Å²) in [6.45, 7) is 3.62. The maximum atomic E-state index is 10.6. The second-order valence-corrected chi connectivity index (χ2v) is 2.68. The molecule has 13 heavy (non-hydrogen) atoms. The van der Waals surface area contributed by atoms with Gasteiger partial charge >= 0.3 is 0 Å². The highest BCUT2D eigenvalue weighted by Crippen LogP contribution is 2.11. The molecule has 2 heteroatoms. The Labute approximate surface area is 77.4 Å². The Morgan fingerprint density at radius 1 is 1.46 bits per heavy atom. The molecule has 0 heterocycles. The standard InChI is InChI=1S/C11H11NO/c1-2-4-9-5-3-6-10(8-13)11(9)7-12/h2-3,5-8,12H,1,4H2. The van der Waals surface area contributed by atoms with Crippen molar-refractivity contribution >= 4 is 12.5 Å². The minimum Gasteiger partial charge on any atom is -0.308 e. The molecule has 0 bridgehead atoms. The van der Waals surface area contributed by atoms with E-state index < -0.39 is 0 Å². The quantitative estimate of drug-likeness (QED) is 0.423. The van der Waals surface area contributed by atoms with Crippen LogP contribution in [-0.4, -0.2) is 12.5 Å². The number of benzene rings is 1. The Morgan fingerprint density at radius 2 is 2.23 bits per heavy atom. The Balaban J connectivity index is 3.25. The van der Waals surface area contributed by atoms with Gasteiger partial charge in [-0.1, -0.05) is 24.3 Å². The third kappa shape index (κ3) is 1.90. The van der Waals surface area contributed by atoms with Crippen molar-refractivity contribution in [1.29, 1.82) is 5.41 Å². The van der Waals surface area contributed by atoms with Gasteiger partial charge in [0.2, 0.25) is 0 Å². The van der Waals surface area contributed by atoms with Gasteiger partial charge in [-0.2, -0.15) is 0 Å². The lowest BCUT2D eigenvalue weighted by Gasteiger charge is -2.04. The lowest BCUT2D eigenvalue weighted by atomic mass is 10.0. The molecular weight excluding hydrogens is 162 g/mol. The van der Waals surface area contributed by atoms with Gasteiger partial charge in [0.25, 0.3) is 0 Å². The van der Waals surface area contributed by atoms with E-state index in [1.807, 2.05) is 12.1 Å². The maximum absolute atomic E-state index is 10.6. The van der Waals surface area contributed by atoms with E-state index >= 15 is 0 Å². The van der Waals surface area contributed by atoms with E-state index in [2.05, 4.69) is 6.58 Å². The van der Waals surface area contributed by atoms with Gasteiger partial charge in [-0.05, 0) is 12.0 Å². The molecule has 66 valence electrons. The third-order valence-electron chi connectivity index (χ3n) is 1.87. The molecule has 1 N–H and O–H groups in total. The van der Waals surface area contributed by atoms with Gasteiger partial charge in [0.05, 0.1) is 0 Å². The fraction of sp³-hybridized carbons (Fsp3) is 0.0909. The van der Waals surface area contributed by atoms with Crippen molar-refractivity contribution < 1.29 is 4.79 Å². The van der Waals surface area contributed by atoms with Crippen LogP contribution >= 0.6 is 0 Å². The molecule has 0 aliphatic carbocycles. The van der Waals surface area contributed by atoms with Gasteiger partial charge in [0.1, 0.15) is 0 Å². The molecule has 0 atom stereocenters. The number of rotatable bonds is 4. The maximum Gasteiger partial charge on any atom is 0.150 e. The Kier molecular flexibility index (Phi) is 3.15. The van der Waals surface area contributed by atoms with Crippen LogP contribution in [0.5, 0.6) is 0 Å². The Bertz CT molecular complexity index is 342. The lowest BCUT2D eigenvalue weighted by Crippen LogP contribution is -1.96. The normalized spacial score (nSPS) is 9.23. The molecule has 1 rings (SSSR count). The number of hydrogen-bond donors (Lipinski definition) is 1. The SMILES string of the molecule is C=CCc1cccc(C=O)c1C=N. The number of aldehydes is 1. The van der Waals surface area contributed by atoms with Crippen molar-refractivity contribution in [2.45, 2.75) is 6.42 Å². The summed E-state index contributed by atoms with van der Waals surface area (Å²) in [6, 6.07) is 5.42. The van der Waals surface area contributed by atoms with Crippen molar-refractivity contribution in [2.24, 2.45) is 0 Å². The summed E-state index contributed by atoms with van der Waals surface area (Å²) in [5, 5.41) is 7.19. The number of nitrogens with one attached hydrogen (secondary N) is 1. The molecular formula is C11H11NO. The van der Waals surface area contributed by atoms with E-state index in [0.29, 0.717) is 17.5 Å². The van der Waals surface area contributed by atoms with Gasteiger partial charge in [-0.3, -0.25) is 4.79 Å². The summed E-state index contributed by atoms with van der Waals surface area (Å²) in [5.74, 6) is 0. The minimum atomic E-state index is 0.564. The highest BCUT2D eigenvalue weighted by molar-refractivity contribution is 5.92. The Morgan fingerprint density at radius 3 is 2.77 bits per heavy atom. The third-order valence-corrected chi connectivity index (χ3v) is 1.87. The predicted molar refractivity (Wildman–Crippen MR) is 53.6 cm³/mol. The van der Waals surface area contributed by atoms with Crippen molar-refractivity contribution in [2.75, 3.05) is 0 Å². The molecule has 0 fully saturated rings. The monoisotopic (exact) mass is 173 g/mol. The van der Waals surface area contributed by atoms with E-state index in [-0.39, 0.29) is 0 Å². The molecule has 0 saturated carbocycles. The van der Waals surface area contributed by atoms with Gasteiger partial charge in [0.15, 0.2) is 6.29 Å². The number of carbonyl (C=O) groups is 1. The van der Waals surface area contributed by atoms with Gasteiger partial charge in [-0.25, -0.2) is 0 Å². The first kappa shape index (κ1) is 9.39. The summed E-state index contributed by atoms with van der Waals surface area (Å²) < 4.78 is 0. The summed E-state index contributed by atoms with van der Waals surface area (Å²) in [4.78, 5) is 10.6. The fourth-order valence-electron chi connectivity index (χ4n) is 1.25. The molecule has 0 amide bonds. The zero-order valence-electron chi connectivity index (χ0n) is 7.29. The van der Waals surface area contributed by atoms with E-state index in [9.17, 15) is 4.79 Å². The van der Waals surface area contributed by atoms with Crippen LogP contribution in [0.3, 0.4) is 0 Å². The van der Waals surface area contributed by atoms with Crippen molar-refractivity contribution in [1.82, 2.24) is 0 Å². The number of allylic oxidation sites excluding steroid dienone is 1. The molecule has 0 aromatic heterocycles.